The summed E-state index contributed by atoms with van der Waals surface area (Å²) in [5, 5.41) is 0. The lowest BCUT2D eigenvalue weighted by molar-refractivity contribution is 0.779. The summed E-state index contributed by atoms with van der Waals surface area (Å²) in [6, 6.07) is 6.08. The van der Waals surface area contributed by atoms with Crippen LogP contribution in [0.2, 0.25) is 0 Å². The van der Waals surface area contributed by atoms with Gasteiger partial charge < -0.3 is 10.1 Å². The van der Waals surface area contributed by atoms with E-state index in [1.165, 1.54) is 5.69 Å². The Balaban J connectivity index is 2.63. The number of nitrogens with two attached hydrogens (primary N) is 1. The second-order valence-corrected chi connectivity index (χ2v) is 4.07. The minimum Gasteiger partial charge on any atom is -0.330 e. The van der Waals surface area contributed by atoms with Crippen LogP contribution in [0, 0.1) is 0 Å². The number of rotatable bonds is 3. The van der Waals surface area contributed by atoms with Crippen molar-refractivity contribution in [3.05, 3.63) is 35.8 Å². The highest BCUT2D eigenvalue weighted by Crippen LogP contribution is 2.21. The van der Waals surface area contributed by atoms with Gasteiger partial charge in [-0.1, -0.05) is 19.9 Å². The van der Waals surface area contributed by atoms with Crippen molar-refractivity contribution in [1.82, 2.24) is 9.38 Å². The Bertz CT molecular complexity index is 457. The van der Waals surface area contributed by atoms with Crippen molar-refractivity contribution in [1.29, 1.82) is 0 Å². The van der Waals surface area contributed by atoms with Crippen LogP contribution in [0.25, 0.3) is 5.65 Å². The third-order valence-corrected chi connectivity index (χ3v) is 2.57. The predicted molar refractivity (Wildman–Crippen MR) is 62.0 cm³/mol. The molecule has 2 aromatic heterocycles. The average Bonchev–Trinajstić information content (AvgIpc) is 2.56. The molecule has 0 saturated heterocycles. The molecule has 2 rings (SSSR count). The molecule has 0 fully saturated rings. The van der Waals surface area contributed by atoms with Crippen LogP contribution in [0.5, 0.6) is 0 Å². The van der Waals surface area contributed by atoms with Gasteiger partial charge in [0.25, 0.3) is 0 Å². The second-order valence-electron chi connectivity index (χ2n) is 4.07. The molecule has 0 aliphatic carbocycles. The van der Waals surface area contributed by atoms with Crippen molar-refractivity contribution in [2.45, 2.75) is 26.2 Å². The molecule has 2 aromatic rings. The summed E-state index contributed by atoms with van der Waals surface area (Å²) in [6.45, 7) is 5.04. The molecule has 2 heterocycles. The third-order valence-electron chi connectivity index (χ3n) is 2.57. The van der Waals surface area contributed by atoms with Crippen molar-refractivity contribution in [3.63, 3.8) is 0 Å². The van der Waals surface area contributed by atoms with E-state index in [1.54, 1.807) is 0 Å². The van der Waals surface area contributed by atoms with Gasteiger partial charge in [-0.15, -0.1) is 0 Å². The zero-order valence-electron chi connectivity index (χ0n) is 9.27. The molecule has 3 nitrogen and oxygen atoms in total. The van der Waals surface area contributed by atoms with Gasteiger partial charge in [0.2, 0.25) is 0 Å². The van der Waals surface area contributed by atoms with Crippen molar-refractivity contribution in [3.8, 4) is 0 Å². The van der Waals surface area contributed by atoms with Gasteiger partial charge in [0.05, 0.1) is 5.69 Å². The maximum atomic E-state index is 5.60. The van der Waals surface area contributed by atoms with Crippen LogP contribution < -0.4 is 5.73 Å². The van der Waals surface area contributed by atoms with Crippen LogP contribution in [0.1, 0.15) is 31.2 Å². The number of fused-ring (bicyclic) bond motifs is 1. The van der Waals surface area contributed by atoms with E-state index in [4.69, 9.17) is 5.73 Å². The SMILES string of the molecule is CC(C)c1c(CCN)nc2ccccn12. The molecule has 0 spiro atoms. The first-order valence-corrected chi connectivity index (χ1v) is 5.40. The lowest BCUT2D eigenvalue weighted by atomic mass is 10.1. The molecule has 3 heteroatoms. The van der Waals surface area contributed by atoms with Gasteiger partial charge in [0.1, 0.15) is 5.65 Å². The number of hydrogen-bond acceptors (Lipinski definition) is 2. The highest BCUT2D eigenvalue weighted by molar-refractivity contribution is 5.44. The molecule has 0 aliphatic heterocycles. The normalized spacial score (nSPS) is 11.5. The number of aromatic nitrogens is 2. The van der Waals surface area contributed by atoms with Crippen molar-refractivity contribution in [2.24, 2.45) is 5.73 Å². The number of imidazole rings is 1. The van der Waals surface area contributed by atoms with E-state index >= 15 is 0 Å². The third kappa shape index (κ3) is 1.75. The van der Waals surface area contributed by atoms with Gasteiger partial charge in [-0.25, -0.2) is 4.98 Å². The summed E-state index contributed by atoms with van der Waals surface area (Å²) in [7, 11) is 0. The van der Waals surface area contributed by atoms with E-state index in [0.29, 0.717) is 12.5 Å². The Morgan fingerprint density at radius 3 is 2.87 bits per heavy atom. The number of pyridine rings is 1. The highest BCUT2D eigenvalue weighted by atomic mass is 15.0. The first-order valence-electron chi connectivity index (χ1n) is 5.40. The van der Waals surface area contributed by atoms with Gasteiger partial charge >= 0.3 is 0 Å². The first-order chi connectivity index (χ1) is 7.24. The maximum Gasteiger partial charge on any atom is 0.137 e. The van der Waals surface area contributed by atoms with E-state index in [2.05, 4.69) is 29.4 Å². The van der Waals surface area contributed by atoms with E-state index in [1.807, 2.05) is 18.2 Å². The quantitative estimate of drug-likeness (QED) is 0.828. The van der Waals surface area contributed by atoms with E-state index < -0.39 is 0 Å². The highest BCUT2D eigenvalue weighted by Gasteiger charge is 2.13. The molecule has 80 valence electrons. The van der Waals surface area contributed by atoms with Gasteiger partial charge in [0.15, 0.2) is 0 Å². The predicted octanol–water partition coefficient (Wildman–Crippen LogP) is 1.96. The molecule has 0 aliphatic rings. The average molecular weight is 203 g/mol. The molecular formula is C12H17N3. The topological polar surface area (TPSA) is 43.3 Å². The van der Waals surface area contributed by atoms with E-state index in [-0.39, 0.29) is 0 Å². The molecule has 0 amide bonds. The zero-order valence-corrected chi connectivity index (χ0v) is 9.27. The number of hydrogen-bond donors (Lipinski definition) is 1. The second kappa shape index (κ2) is 4.03. The molecule has 0 atom stereocenters. The monoisotopic (exact) mass is 203 g/mol. The van der Waals surface area contributed by atoms with Gasteiger partial charge in [0, 0.05) is 18.3 Å². The molecule has 0 bridgehead atoms. The fourth-order valence-electron chi connectivity index (χ4n) is 2.00. The Kier molecular flexibility index (Phi) is 2.73. The molecule has 2 N–H and O–H groups in total. The van der Waals surface area contributed by atoms with E-state index in [9.17, 15) is 0 Å². The summed E-state index contributed by atoms with van der Waals surface area (Å²) in [5.41, 5.74) is 9.05. The van der Waals surface area contributed by atoms with Crippen molar-refractivity contribution in [2.75, 3.05) is 6.54 Å². The van der Waals surface area contributed by atoms with Crippen LogP contribution in [0.4, 0.5) is 0 Å². The molecule has 0 radical (unpaired) electrons. The minimum atomic E-state index is 0.476. The Morgan fingerprint density at radius 2 is 2.20 bits per heavy atom. The Labute approximate surface area is 89.9 Å². The summed E-state index contributed by atoms with van der Waals surface area (Å²) < 4.78 is 2.16. The van der Waals surface area contributed by atoms with E-state index in [0.717, 1.165) is 17.8 Å². The molecule has 0 aromatic carbocycles. The van der Waals surface area contributed by atoms with Crippen LogP contribution in [0.15, 0.2) is 24.4 Å². The summed E-state index contributed by atoms with van der Waals surface area (Å²) in [5.74, 6) is 0.476. The fourth-order valence-corrected chi connectivity index (χ4v) is 2.00. The van der Waals surface area contributed by atoms with Gasteiger partial charge in [-0.2, -0.15) is 0 Å². The van der Waals surface area contributed by atoms with Crippen LogP contribution in [0.3, 0.4) is 0 Å². The summed E-state index contributed by atoms with van der Waals surface area (Å²) in [6.07, 6.45) is 2.92. The molecule has 15 heavy (non-hydrogen) atoms. The smallest absolute Gasteiger partial charge is 0.137 e. The molecule has 0 unspecified atom stereocenters. The van der Waals surface area contributed by atoms with Crippen LogP contribution in [-0.4, -0.2) is 15.9 Å². The van der Waals surface area contributed by atoms with Crippen molar-refractivity contribution >= 4 is 5.65 Å². The summed E-state index contributed by atoms with van der Waals surface area (Å²) >= 11 is 0. The zero-order chi connectivity index (χ0) is 10.8. The molecule has 0 saturated carbocycles. The lowest BCUT2D eigenvalue weighted by Crippen LogP contribution is -2.06. The lowest BCUT2D eigenvalue weighted by Gasteiger charge is -2.07. The first kappa shape index (κ1) is 10.2. The number of nitrogens with zero attached hydrogens (tertiary/aromatic N) is 2. The van der Waals surface area contributed by atoms with Crippen LogP contribution in [-0.2, 0) is 6.42 Å². The fraction of sp³-hybridized carbons (Fsp3) is 0.417. The van der Waals surface area contributed by atoms with Crippen LogP contribution >= 0.6 is 0 Å². The Morgan fingerprint density at radius 1 is 1.40 bits per heavy atom. The molecular weight excluding hydrogens is 186 g/mol. The van der Waals surface area contributed by atoms with Gasteiger partial charge in [-0.05, 0) is 24.6 Å². The summed E-state index contributed by atoms with van der Waals surface area (Å²) in [4.78, 5) is 4.61. The standard InChI is InChI=1S/C12H17N3/c1-9(2)12-10(6-7-13)14-11-5-3-4-8-15(11)12/h3-5,8-9H,6-7,13H2,1-2H3. The largest absolute Gasteiger partial charge is 0.330 e. The Hall–Kier alpha value is -1.35. The minimum absolute atomic E-state index is 0.476. The van der Waals surface area contributed by atoms with Gasteiger partial charge in [-0.3, -0.25) is 0 Å². The maximum absolute atomic E-state index is 5.60. The van der Waals surface area contributed by atoms with Crippen molar-refractivity contribution < 1.29 is 0 Å².